The Hall–Kier alpha value is -1.56. The van der Waals surface area contributed by atoms with E-state index in [1.54, 1.807) is 10.9 Å². The van der Waals surface area contributed by atoms with Gasteiger partial charge in [0.25, 0.3) is 0 Å². The smallest absolute Gasteiger partial charge is 0.195 e. The normalized spacial score (nSPS) is 10.5. The number of anilines is 1. The summed E-state index contributed by atoms with van der Waals surface area (Å²) in [5, 5.41) is 8.28. The van der Waals surface area contributed by atoms with Crippen LogP contribution < -0.4 is 5.73 Å². The number of aromatic nitrogens is 3. The third kappa shape index (κ3) is 2.10. The Morgan fingerprint density at radius 2 is 2.27 bits per heavy atom. The number of aryl methyl sites for hydroxylation is 1. The van der Waals surface area contributed by atoms with Crippen molar-refractivity contribution in [2.45, 2.75) is 10.1 Å². The predicted molar refractivity (Wildman–Crippen MR) is 55.9 cm³/mol. The molecule has 1 aromatic carbocycles. The first-order valence-corrected chi connectivity index (χ1v) is 5.05. The molecule has 0 aliphatic rings. The van der Waals surface area contributed by atoms with Crippen molar-refractivity contribution in [1.82, 2.24) is 14.8 Å². The highest BCUT2D eigenvalue weighted by Gasteiger charge is 2.07. The van der Waals surface area contributed by atoms with Crippen LogP contribution in [0.2, 0.25) is 0 Å². The molecule has 2 N–H and O–H groups in total. The molecular weight excluding hydrogens is 215 g/mol. The van der Waals surface area contributed by atoms with E-state index in [9.17, 15) is 4.39 Å². The highest BCUT2D eigenvalue weighted by molar-refractivity contribution is 7.99. The lowest BCUT2D eigenvalue weighted by atomic mass is 10.3. The van der Waals surface area contributed by atoms with Gasteiger partial charge in [-0.05, 0) is 30.0 Å². The van der Waals surface area contributed by atoms with E-state index in [0.29, 0.717) is 15.7 Å². The molecule has 0 unspecified atom stereocenters. The number of hydrogen-bond acceptors (Lipinski definition) is 4. The number of hydrogen-bond donors (Lipinski definition) is 1. The lowest BCUT2D eigenvalue weighted by Gasteiger charge is -2.03. The van der Waals surface area contributed by atoms with Gasteiger partial charge in [0.2, 0.25) is 0 Å². The molecule has 0 fully saturated rings. The Morgan fingerprint density at radius 1 is 1.47 bits per heavy atom. The zero-order valence-electron chi connectivity index (χ0n) is 8.01. The van der Waals surface area contributed by atoms with Crippen molar-refractivity contribution in [3.63, 3.8) is 0 Å². The molecule has 2 rings (SSSR count). The lowest BCUT2D eigenvalue weighted by Crippen LogP contribution is -1.92. The van der Waals surface area contributed by atoms with Gasteiger partial charge in [0.15, 0.2) is 5.16 Å². The number of benzene rings is 1. The van der Waals surface area contributed by atoms with E-state index >= 15 is 0 Å². The van der Waals surface area contributed by atoms with Gasteiger partial charge in [-0.2, -0.15) is 0 Å². The molecule has 0 saturated carbocycles. The van der Waals surface area contributed by atoms with Crippen LogP contribution >= 0.6 is 11.8 Å². The summed E-state index contributed by atoms with van der Waals surface area (Å²) in [6.07, 6.45) is 1.58. The number of halogens is 1. The fourth-order valence-electron chi connectivity index (χ4n) is 1.06. The molecule has 0 bridgehead atoms. The Labute approximate surface area is 90.3 Å². The molecule has 78 valence electrons. The predicted octanol–water partition coefficient (Wildman–Crippen LogP) is 1.69. The van der Waals surface area contributed by atoms with E-state index in [4.69, 9.17) is 5.73 Å². The minimum absolute atomic E-state index is 0.311. The molecular formula is C9H9FN4S. The fourth-order valence-corrected chi connectivity index (χ4v) is 1.89. The van der Waals surface area contributed by atoms with Crippen LogP contribution in [0.5, 0.6) is 0 Å². The molecule has 0 radical (unpaired) electrons. The van der Waals surface area contributed by atoms with Gasteiger partial charge in [-0.1, -0.05) is 0 Å². The zero-order chi connectivity index (χ0) is 10.8. The molecule has 4 nitrogen and oxygen atoms in total. The van der Waals surface area contributed by atoms with E-state index in [2.05, 4.69) is 10.2 Å². The molecule has 0 saturated heterocycles. The van der Waals surface area contributed by atoms with Gasteiger partial charge in [-0.25, -0.2) is 4.39 Å². The first-order chi connectivity index (χ1) is 7.16. The quantitative estimate of drug-likeness (QED) is 0.789. The average molecular weight is 224 g/mol. The maximum Gasteiger partial charge on any atom is 0.195 e. The van der Waals surface area contributed by atoms with Gasteiger partial charge in [-0.15, -0.1) is 10.2 Å². The Bertz CT molecular complexity index is 483. The van der Waals surface area contributed by atoms with Gasteiger partial charge in [-0.3, -0.25) is 0 Å². The van der Waals surface area contributed by atoms with Crippen LogP contribution in [0.4, 0.5) is 10.1 Å². The standard InChI is InChI=1S/C9H9FN4S/c1-14-5-12-13-9(14)15-8-4-6(10)2-3-7(8)11/h2-5H,11H2,1H3. The van der Waals surface area contributed by atoms with Gasteiger partial charge < -0.3 is 10.3 Å². The van der Waals surface area contributed by atoms with Crippen molar-refractivity contribution in [1.29, 1.82) is 0 Å². The number of nitrogens with zero attached hydrogens (tertiary/aromatic N) is 3. The van der Waals surface area contributed by atoms with E-state index < -0.39 is 0 Å². The molecule has 1 aromatic heterocycles. The average Bonchev–Trinajstić information content (AvgIpc) is 2.58. The van der Waals surface area contributed by atoms with Crippen molar-refractivity contribution in [3.05, 3.63) is 30.3 Å². The third-order valence-electron chi connectivity index (χ3n) is 1.85. The van der Waals surface area contributed by atoms with Crippen molar-refractivity contribution in [3.8, 4) is 0 Å². The first kappa shape index (κ1) is 9.97. The van der Waals surface area contributed by atoms with Crippen LogP contribution in [0, 0.1) is 5.82 Å². The molecule has 0 amide bonds. The van der Waals surface area contributed by atoms with E-state index in [1.165, 1.54) is 30.0 Å². The maximum absolute atomic E-state index is 13.0. The summed E-state index contributed by atoms with van der Waals surface area (Å²) >= 11 is 1.29. The zero-order valence-corrected chi connectivity index (χ0v) is 8.83. The van der Waals surface area contributed by atoms with Crippen LogP contribution in [0.1, 0.15) is 0 Å². The summed E-state index contributed by atoms with van der Waals surface area (Å²) in [5.41, 5.74) is 6.24. The molecule has 15 heavy (non-hydrogen) atoms. The van der Waals surface area contributed by atoms with Crippen molar-refractivity contribution < 1.29 is 4.39 Å². The van der Waals surface area contributed by atoms with E-state index in [1.807, 2.05) is 7.05 Å². The molecule has 6 heteroatoms. The second-order valence-corrected chi connectivity index (χ2v) is 4.02. The second kappa shape index (κ2) is 3.90. The van der Waals surface area contributed by atoms with Crippen LogP contribution in [-0.4, -0.2) is 14.8 Å². The van der Waals surface area contributed by atoms with Crippen molar-refractivity contribution >= 4 is 17.4 Å². The largest absolute Gasteiger partial charge is 0.398 e. The van der Waals surface area contributed by atoms with Crippen LogP contribution in [0.15, 0.2) is 34.6 Å². The Kier molecular flexibility index (Phi) is 2.59. The van der Waals surface area contributed by atoms with Gasteiger partial charge in [0.05, 0.1) is 0 Å². The van der Waals surface area contributed by atoms with E-state index in [0.717, 1.165) is 0 Å². The summed E-state index contributed by atoms with van der Waals surface area (Å²) in [6.45, 7) is 0. The molecule has 1 heterocycles. The SMILES string of the molecule is Cn1cnnc1Sc1cc(F)ccc1N. The topological polar surface area (TPSA) is 56.7 Å². The minimum Gasteiger partial charge on any atom is -0.398 e. The maximum atomic E-state index is 13.0. The molecule has 0 aliphatic carbocycles. The van der Waals surface area contributed by atoms with Crippen molar-refractivity contribution in [2.24, 2.45) is 7.05 Å². The highest BCUT2D eigenvalue weighted by atomic mass is 32.2. The summed E-state index contributed by atoms with van der Waals surface area (Å²) < 4.78 is 14.7. The van der Waals surface area contributed by atoms with Gasteiger partial charge >= 0.3 is 0 Å². The van der Waals surface area contributed by atoms with Gasteiger partial charge in [0, 0.05) is 17.6 Å². The molecule has 0 atom stereocenters. The second-order valence-electron chi connectivity index (χ2n) is 3.01. The number of rotatable bonds is 2. The summed E-state index contributed by atoms with van der Waals surface area (Å²) in [5.74, 6) is -0.311. The Morgan fingerprint density at radius 3 is 2.93 bits per heavy atom. The molecule has 2 aromatic rings. The number of nitrogen functional groups attached to an aromatic ring is 1. The summed E-state index contributed by atoms with van der Waals surface area (Å²) in [7, 11) is 1.82. The van der Waals surface area contributed by atoms with Crippen LogP contribution in [-0.2, 0) is 7.05 Å². The fraction of sp³-hybridized carbons (Fsp3) is 0.111. The summed E-state index contributed by atoms with van der Waals surface area (Å²) in [4.78, 5) is 0.645. The Balaban J connectivity index is 2.32. The third-order valence-corrected chi connectivity index (χ3v) is 2.97. The van der Waals surface area contributed by atoms with Crippen molar-refractivity contribution in [2.75, 3.05) is 5.73 Å². The minimum atomic E-state index is -0.311. The summed E-state index contributed by atoms with van der Waals surface area (Å²) in [6, 6.07) is 4.25. The monoisotopic (exact) mass is 224 g/mol. The molecule has 0 aliphatic heterocycles. The van der Waals surface area contributed by atoms with Crippen LogP contribution in [0.3, 0.4) is 0 Å². The van der Waals surface area contributed by atoms with Gasteiger partial charge in [0.1, 0.15) is 12.1 Å². The highest BCUT2D eigenvalue weighted by Crippen LogP contribution is 2.30. The number of nitrogens with two attached hydrogens (primary N) is 1. The molecule has 0 spiro atoms. The lowest BCUT2D eigenvalue weighted by molar-refractivity contribution is 0.624. The van der Waals surface area contributed by atoms with Crippen LogP contribution in [0.25, 0.3) is 0 Å². The first-order valence-electron chi connectivity index (χ1n) is 4.23. The van der Waals surface area contributed by atoms with E-state index in [-0.39, 0.29) is 5.82 Å².